The first-order valence-corrected chi connectivity index (χ1v) is 6.76. The Morgan fingerprint density at radius 1 is 1.28 bits per heavy atom. The molecule has 1 saturated heterocycles. The average Bonchev–Trinajstić information content (AvgIpc) is 2.40. The molecule has 96 valence electrons. The van der Waals surface area contributed by atoms with Crippen molar-refractivity contribution in [1.29, 1.82) is 0 Å². The topological polar surface area (TPSA) is 20.3 Å². The highest BCUT2D eigenvalue weighted by atomic mass is 35.5. The summed E-state index contributed by atoms with van der Waals surface area (Å²) in [6.07, 6.45) is 3.88. The van der Waals surface area contributed by atoms with Gasteiger partial charge in [-0.15, -0.1) is 0 Å². The number of hydrogen-bond donors (Lipinski definition) is 0. The summed E-state index contributed by atoms with van der Waals surface area (Å²) in [7, 11) is 0. The van der Waals surface area contributed by atoms with Crippen LogP contribution in [0, 0.1) is 5.92 Å². The van der Waals surface area contributed by atoms with E-state index in [4.69, 9.17) is 11.6 Å². The molecule has 0 unspecified atom stereocenters. The van der Waals surface area contributed by atoms with Crippen LogP contribution in [-0.4, -0.2) is 23.9 Å². The molecular weight excluding hydrogens is 246 g/mol. The molecule has 0 N–H and O–H groups in total. The highest BCUT2D eigenvalue weighted by Crippen LogP contribution is 2.20. The molecule has 1 heterocycles. The van der Waals surface area contributed by atoms with Gasteiger partial charge in [0.1, 0.15) is 5.03 Å². The summed E-state index contributed by atoms with van der Waals surface area (Å²) >= 11 is 6.11. The Morgan fingerprint density at radius 3 is 2.50 bits per heavy atom. The van der Waals surface area contributed by atoms with Crippen LogP contribution >= 0.6 is 11.6 Å². The Morgan fingerprint density at radius 2 is 1.89 bits per heavy atom. The Labute approximate surface area is 113 Å². The van der Waals surface area contributed by atoms with Crippen LogP contribution in [-0.2, 0) is 4.79 Å². The third-order valence-corrected chi connectivity index (χ3v) is 3.64. The van der Waals surface area contributed by atoms with E-state index in [1.54, 1.807) is 6.08 Å². The van der Waals surface area contributed by atoms with Crippen molar-refractivity contribution in [1.82, 2.24) is 4.90 Å². The molecule has 3 heteroatoms. The molecule has 2 rings (SSSR count). The molecule has 0 saturated carbocycles. The largest absolute Gasteiger partial charge is 0.338 e. The molecule has 0 aromatic heterocycles. The summed E-state index contributed by atoms with van der Waals surface area (Å²) in [6, 6.07) is 9.69. The van der Waals surface area contributed by atoms with Gasteiger partial charge in [0.25, 0.3) is 5.91 Å². The molecule has 18 heavy (non-hydrogen) atoms. The SMILES string of the molecule is CC1CCN(C(=O)/C(Cl)=C/c2ccccc2)CC1. The zero-order chi connectivity index (χ0) is 13.0. The van der Waals surface area contributed by atoms with Crippen molar-refractivity contribution in [2.45, 2.75) is 19.8 Å². The minimum absolute atomic E-state index is 0.0487. The number of carbonyl (C=O) groups is 1. The Kier molecular flexibility index (Phi) is 4.43. The van der Waals surface area contributed by atoms with E-state index < -0.39 is 0 Å². The van der Waals surface area contributed by atoms with Crippen molar-refractivity contribution < 1.29 is 4.79 Å². The number of rotatable bonds is 2. The fourth-order valence-corrected chi connectivity index (χ4v) is 2.37. The van der Waals surface area contributed by atoms with Crippen molar-refractivity contribution in [2.24, 2.45) is 5.92 Å². The van der Waals surface area contributed by atoms with E-state index in [1.807, 2.05) is 35.2 Å². The van der Waals surface area contributed by atoms with Crippen molar-refractivity contribution in [3.63, 3.8) is 0 Å². The van der Waals surface area contributed by atoms with E-state index >= 15 is 0 Å². The molecule has 0 atom stereocenters. The molecule has 1 amide bonds. The van der Waals surface area contributed by atoms with Gasteiger partial charge in [0, 0.05) is 13.1 Å². The summed E-state index contributed by atoms with van der Waals surface area (Å²) in [6.45, 7) is 3.86. The number of amides is 1. The summed E-state index contributed by atoms with van der Waals surface area (Å²) in [5.41, 5.74) is 0.959. The van der Waals surface area contributed by atoms with Crippen LogP contribution in [0.2, 0.25) is 0 Å². The Balaban J connectivity index is 2.03. The lowest BCUT2D eigenvalue weighted by molar-refractivity contribution is -0.127. The lowest BCUT2D eigenvalue weighted by Gasteiger charge is -2.30. The van der Waals surface area contributed by atoms with Crippen LogP contribution in [0.1, 0.15) is 25.3 Å². The third-order valence-electron chi connectivity index (χ3n) is 3.37. The van der Waals surface area contributed by atoms with E-state index in [1.165, 1.54) is 0 Å². The number of hydrogen-bond acceptors (Lipinski definition) is 1. The Bertz CT molecular complexity index is 433. The number of carbonyl (C=O) groups excluding carboxylic acids is 1. The fourth-order valence-electron chi connectivity index (χ4n) is 2.12. The molecule has 1 aliphatic rings. The van der Waals surface area contributed by atoms with Crippen LogP contribution < -0.4 is 0 Å². The smallest absolute Gasteiger partial charge is 0.265 e. The maximum absolute atomic E-state index is 12.1. The predicted octanol–water partition coefficient (Wildman–Crippen LogP) is 3.52. The molecule has 0 spiro atoms. The molecule has 2 nitrogen and oxygen atoms in total. The first-order valence-electron chi connectivity index (χ1n) is 6.38. The lowest BCUT2D eigenvalue weighted by atomic mass is 9.99. The third kappa shape index (κ3) is 3.36. The molecule has 1 aliphatic heterocycles. The molecule has 1 aromatic rings. The zero-order valence-corrected chi connectivity index (χ0v) is 11.4. The minimum atomic E-state index is -0.0487. The first-order chi connectivity index (χ1) is 8.66. The van der Waals surface area contributed by atoms with E-state index in [0.717, 1.165) is 31.5 Å². The summed E-state index contributed by atoms with van der Waals surface area (Å²) in [4.78, 5) is 14.0. The minimum Gasteiger partial charge on any atom is -0.338 e. The van der Waals surface area contributed by atoms with Gasteiger partial charge >= 0.3 is 0 Å². The van der Waals surface area contributed by atoms with Crippen LogP contribution in [0.15, 0.2) is 35.4 Å². The molecule has 1 aromatic carbocycles. The van der Waals surface area contributed by atoms with Crippen LogP contribution in [0.5, 0.6) is 0 Å². The van der Waals surface area contributed by atoms with Gasteiger partial charge < -0.3 is 4.90 Å². The lowest BCUT2D eigenvalue weighted by Crippen LogP contribution is -2.37. The van der Waals surface area contributed by atoms with Gasteiger partial charge in [-0.3, -0.25) is 4.79 Å². The van der Waals surface area contributed by atoms with Gasteiger partial charge in [-0.1, -0.05) is 48.9 Å². The van der Waals surface area contributed by atoms with E-state index in [9.17, 15) is 4.79 Å². The number of halogens is 1. The predicted molar refractivity (Wildman–Crippen MR) is 75.3 cm³/mol. The number of benzene rings is 1. The highest BCUT2D eigenvalue weighted by Gasteiger charge is 2.21. The van der Waals surface area contributed by atoms with Gasteiger partial charge in [-0.2, -0.15) is 0 Å². The summed E-state index contributed by atoms with van der Waals surface area (Å²) in [5, 5.41) is 0.302. The second kappa shape index (κ2) is 6.05. The molecule has 0 radical (unpaired) electrons. The maximum Gasteiger partial charge on any atom is 0.265 e. The second-order valence-corrected chi connectivity index (χ2v) is 5.28. The van der Waals surface area contributed by atoms with E-state index in [2.05, 4.69) is 6.92 Å². The standard InChI is InChI=1S/C15H18ClNO/c1-12-7-9-17(10-8-12)15(18)14(16)11-13-5-3-2-4-6-13/h2-6,11-12H,7-10H2,1H3/b14-11-. The quantitative estimate of drug-likeness (QED) is 0.748. The van der Waals surface area contributed by atoms with Gasteiger partial charge in [-0.05, 0) is 30.4 Å². The zero-order valence-electron chi connectivity index (χ0n) is 10.6. The summed E-state index contributed by atoms with van der Waals surface area (Å²) < 4.78 is 0. The monoisotopic (exact) mass is 263 g/mol. The van der Waals surface area contributed by atoms with Crippen LogP contribution in [0.3, 0.4) is 0 Å². The van der Waals surface area contributed by atoms with Crippen LogP contribution in [0.4, 0.5) is 0 Å². The van der Waals surface area contributed by atoms with Gasteiger partial charge in [0.05, 0.1) is 0 Å². The second-order valence-electron chi connectivity index (χ2n) is 4.88. The van der Waals surface area contributed by atoms with Crippen molar-refractivity contribution >= 4 is 23.6 Å². The number of nitrogens with zero attached hydrogens (tertiary/aromatic N) is 1. The number of likely N-dealkylation sites (tertiary alicyclic amines) is 1. The normalized spacial score (nSPS) is 17.9. The first kappa shape index (κ1) is 13.2. The van der Waals surface area contributed by atoms with Crippen molar-refractivity contribution in [3.05, 3.63) is 40.9 Å². The number of piperidine rings is 1. The highest BCUT2D eigenvalue weighted by molar-refractivity contribution is 6.44. The maximum atomic E-state index is 12.1. The van der Waals surface area contributed by atoms with Gasteiger partial charge in [-0.25, -0.2) is 0 Å². The molecule has 1 fully saturated rings. The fraction of sp³-hybridized carbons (Fsp3) is 0.400. The molecule has 0 aliphatic carbocycles. The van der Waals surface area contributed by atoms with E-state index in [0.29, 0.717) is 11.0 Å². The van der Waals surface area contributed by atoms with Crippen LogP contribution in [0.25, 0.3) is 6.08 Å². The molecular formula is C15H18ClNO. The van der Waals surface area contributed by atoms with Gasteiger partial charge in [0.15, 0.2) is 0 Å². The average molecular weight is 264 g/mol. The molecule has 0 bridgehead atoms. The van der Waals surface area contributed by atoms with Gasteiger partial charge in [0.2, 0.25) is 0 Å². The Hall–Kier alpha value is -1.28. The van der Waals surface area contributed by atoms with Crippen molar-refractivity contribution in [2.75, 3.05) is 13.1 Å². The van der Waals surface area contributed by atoms with Crippen molar-refractivity contribution in [3.8, 4) is 0 Å². The van der Waals surface area contributed by atoms with E-state index in [-0.39, 0.29) is 5.91 Å². The summed E-state index contributed by atoms with van der Waals surface area (Å²) in [5.74, 6) is 0.665.